The van der Waals surface area contributed by atoms with Crippen molar-refractivity contribution >= 4 is 0 Å². The molecule has 160 valence electrons. The van der Waals surface area contributed by atoms with E-state index < -0.39 is 0 Å². The van der Waals surface area contributed by atoms with Gasteiger partial charge in [-0.05, 0) is 41.3 Å². The fraction of sp³-hybridized carbons (Fsp3) is 0.258. The molecule has 0 aliphatic heterocycles. The van der Waals surface area contributed by atoms with Crippen molar-refractivity contribution in [1.82, 2.24) is 0 Å². The molecule has 0 radical (unpaired) electrons. The van der Waals surface area contributed by atoms with E-state index >= 15 is 0 Å². The normalized spacial score (nSPS) is 14.4. The van der Waals surface area contributed by atoms with Crippen molar-refractivity contribution in [3.8, 4) is 33.6 Å². The monoisotopic (exact) mass is 418 g/mol. The fourth-order valence-electron chi connectivity index (χ4n) is 5.14. The van der Waals surface area contributed by atoms with Gasteiger partial charge in [-0.25, -0.2) is 0 Å². The molecule has 0 saturated heterocycles. The van der Waals surface area contributed by atoms with Crippen molar-refractivity contribution in [2.45, 2.75) is 45.1 Å². The van der Waals surface area contributed by atoms with E-state index in [1.165, 1.54) is 72.2 Å². The van der Waals surface area contributed by atoms with Crippen LogP contribution in [0.3, 0.4) is 0 Å². The van der Waals surface area contributed by atoms with E-state index in [0.717, 1.165) is 12.5 Å². The topological polar surface area (TPSA) is 3.88 Å². The zero-order valence-electron chi connectivity index (χ0n) is 18.8. The predicted octanol–water partition coefficient (Wildman–Crippen LogP) is 7.95. The Kier molecular flexibility index (Phi) is 6.44. The molecule has 3 aromatic carbocycles. The number of aromatic nitrogens is 1. The highest BCUT2D eigenvalue weighted by Gasteiger charge is 2.24. The summed E-state index contributed by atoms with van der Waals surface area (Å²) in [4.78, 5) is 0. The van der Waals surface area contributed by atoms with Crippen LogP contribution in [-0.2, 0) is 6.54 Å². The van der Waals surface area contributed by atoms with Crippen LogP contribution in [-0.4, -0.2) is 0 Å². The van der Waals surface area contributed by atoms with Gasteiger partial charge in [-0.2, -0.15) is 4.57 Å². The summed E-state index contributed by atoms with van der Waals surface area (Å²) in [5.41, 5.74) is 7.72. The van der Waals surface area contributed by atoms with Crippen LogP contribution >= 0.6 is 0 Å². The van der Waals surface area contributed by atoms with Gasteiger partial charge in [0.2, 0.25) is 11.4 Å². The van der Waals surface area contributed by atoms with E-state index in [0.29, 0.717) is 0 Å². The SMILES string of the molecule is c1ccc(-c2cc(-c3ccccc3)[n+](CCC3CCCCC3)c(-c3ccccc3)c2)cc1. The zero-order valence-corrected chi connectivity index (χ0v) is 18.8. The van der Waals surface area contributed by atoms with Gasteiger partial charge in [0.15, 0.2) is 0 Å². The molecule has 0 spiro atoms. The molecule has 0 atom stereocenters. The molecular formula is C31H32N+. The Morgan fingerprint density at radius 2 is 1.00 bits per heavy atom. The van der Waals surface area contributed by atoms with E-state index in [-0.39, 0.29) is 0 Å². The summed E-state index contributed by atoms with van der Waals surface area (Å²) in [6, 6.07) is 37.3. The van der Waals surface area contributed by atoms with Crippen LogP contribution in [0.5, 0.6) is 0 Å². The van der Waals surface area contributed by atoms with Crippen LogP contribution in [0.2, 0.25) is 0 Å². The van der Waals surface area contributed by atoms with Gasteiger partial charge >= 0.3 is 0 Å². The van der Waals surface area contributed by atoms with Crippen molar-refractivity contribution in [3.05, 3.63) is 103 Å². The summed E-state index contributed by atoms with van der Waals surface area (Å²) in [5, 5.41) is 0. The van der Waals surface area contributed by atoms with Gasteiger partial charge in [0.25, 0.3) is 0 Å². The van der Waals surface area contributed by atoms with Crippen LogP contribution in [0.15, 0.2) is 103 Å². The average molecular weight is 419 g/mol. The highest BCUT2D eigenvalue weighted by atomic mass is 15.0. The summed E-state index contributed by atoms with van der Waals surface area (Å²) < 4.78 is 2.58. The van der Waals surface area contributed by atoms with E-state index in [1.807, 2.05) is 0 Å². The Morgan fingerprint density at radius 1 is 0.531 bits per heavy atom. The largest absolute Gasteiger partial charge is 0.213 e. The maximum Gasteiger partial charge on any atom is 0.213 e. The minimum atomic E-state index is 0.859. The van der Waals surface area contributed by atoms with Crippen LogP contribution < -0.4 is 4.57 Å². The molecule has 1 aliphatic carbocycles. The maximum atomic E-state index is 2.58. The lowest BCUT2D eigenvalue weighted by atomic mass is 9.87. The Labute approximate surface area is 192 Å². The molecule has 0 bridgehead atoms. The lowest BCUT2D eigenvalue weighted by molar-refractivity contribution is -0.676. The Balaban J connectivity index is 1.66. The smallest absolute Gasteiger partial charge is 0.191 e. The van der Waals surface area contributed by atoms with Crippen LogP contribution in [0, 0.1) is 5.92 Å². The first-order valence-corrected chi connectivity index (χ1v) is 12.1. The molecule has 1 heteroatoms. The summed E-state index contributed by atoms with van der Waals surface area (Å²) in [6.07, 6.45) is 8.27. The molecule has 32 heavy (non-hydrogen) atoms. The van der Waals surface area contributed by atoms with E-state index in [4.69, 9.17) is 0 Å². The van der Waals surface area contributed by atoms with Gasteiger partial charge in [0, 0.05) is 29.7 Å². The molecule has 5 rings (SSSR count). The molecule has 0 unspecified atom stereocenters. The van der Waals surface area contributed by atoms with Gasteiger partial charge in [-0.3, -0.25) is 0 Å². The number of pyridine rings is 1. The number of rotatable bonds is 6. The number of nitrogens with zero attached hydrogens (tertiary/aromatic N) is 1. The minimum Gasteiger partial charge on any atom is -0.191 e. The Hall–Kier alpha value is -3.19. The van der Waals surface area contributed by atoms with E-state index in [1.54, 1.807) is 0 Å². The van der Waals surface area contributed by atoms with Crippen molar-refractivity contribution in [2.75, 3.05) is 0 Å². The highest BCUT2D eigenvalue weighted by Crippen LogP contribution is 2.31. The molecule has 0 N–H and O–H groups in total. The second-order valence-corrected chi connectivity index (χ2v) is 9.06. The fourth-order valence-corrected chi connectivity index (χ4v) is 5.14. The third-order valence-corrected chi connectivity index (χ3v) is 6.90. The van der Waals surface area contributed by atoms with Crippen molar-refractivity contribution < 1.29 is 4.57 Å². The lowest BCUT2D eigenvalue weighted by Gasteiger charge is -2.21. The molecule has 4 aromatic rings. The first-order valence-electron chi connectivity index (χ1n) is 12.1. The third-order valence-electron chi connectivity index (χ3n) is 6.90. The van der Waals surface area contributed by atoms with Crippen LogP contribution in [0.1, 0.15) is 38.5 Å². The van der Waals surface area contributed by atoms with Gasteiger partial charge in [0.1, 0.15) is 6.54 Å². The van der Waals surface area contributed by atoms with E-state index in [9.17, 15) is 0 Å². The van der Waals surface area contributed by atoms with Gasteiger partial charge in [0.05, 0.1) is 0 Å². The van der Waals surface area contributed by atoms with Gasteiger partial charge < -0.3 is 0 Å². The standard InChI is InChI=1S/C31H32N/c1-5-13-25(14-6-1)21-22-32-30(27-17-9-3-10-18-27)23-29(26-15-7-2-8-16-26)24-31(32)28-19-11-4-12-20-28/h2-4,7-12,15-20,23-25H,1,5-6,13-14,21-22H2/q+1. The number of benzene rings is 3. The number of hydrogen-bond donors (Lipinski definition) is 0. The third kappa shape index (κ3) is 4.67. The predicted molar refractivity (Wildman–Crippen MR) is 134 cm³/mol. The molecule has 1 fully saturated rings. The van der Waals surface area contributed by atoms with Crippen LogP contribution in [0.25, 0.3) is 33.6 Å². The summed E-state index contributed by atoms with van der Waals surface area (Å²) >= 11 is 0. The Morgan fingerprint density at radius 3 is 1.50 bits per heavy atom. The quantitative estimate of drug-likeness (QED) is 0.280. The minimum absolute atomic E-state index is 0.859. The summed E-state index contributed by atoms with van der Waals surface area (Å²) in [5.74, 6) is 0.859. The van der Waals surface area contributed by atoms with Crippen molar-refractivity contribution in [1.29, 1.82) is 0 Å². The first kappa shape index (κ1) is 20.7. The molecular weight excluding hydrogens is 386 g/mol. The maximum absolute atomic E-state index is 2.58. The molecule has 1 aliphatic rings. The lowest BCUT2D eigenvalue weighted by Crippen LogP contribution is -2.40. The van der Waals surface area contributed by atoms with Crippen LogP contribution in [0.4, 0.5) is 0 Å². The second kappa shape index (κ2) is 9.96. The first-order chi connectivity index (χ1) is 15.9. The van der Waals surface area contributed by atoms with Crippen molar-refractivity contribution in [2.24, 2.45) is 5.92 Å². The zero-order chi connectivity index (χ0) is 21.6. The highest BCUT2D eigenvalue weighted by molar-refractivity contribution is 5.73. The van der Waals surface area contributed by atoms with Crippen molar-refractivity contribution in [3.63, 3.8) is 0 Å². The molecule has 1 heterocycles. The molecule has 1 aromatic heterocycles. The van der Waals surface area contributed by atoms with Gasteiger partial charge in [-0.15, -0.1) is 0 Å². The summed E-state index contributed by atoms with van der Waals surface area (Å²) in [6.45, 7) is 1.06. The molecule has 1 saturated carbocycles. The second-order valence-electron chi connectivity index (χ2n) is 9.06. The molecule has 0 amide bonds. The number of hydrogen-bond acceptors (Lipinski definition) is 0. The Bertz CT molecular complexity index is 1070. The average Bonchev–Trinajstić information content (AvgIpc) is 2.89. The van der Waals surface area contributed by atoms with Gasteiger partial charge in [-0.1, -0.05) is 98.8 Å². The molecule has 1 nitrogen and oxygen atoms in total. The summed E-state index contributed by atoms with van der Waals surface area (Å²) in [7, 11) is 0. The van der Waals surface area contributed by atoms with E-state index in [2.05, 4.69) is 108 Å².